The quantitative estimate of drug-likeness (QED) is 0.199. The third-order valence-electron chi connectivity index (χ3n) is 6.18. The van der Waals surface area contributed by atoms with Gasteiger partial charge < -0.3 is 29.9 Å². The first-order chi connectivity index (χ1) is 15.1. The number of halogens is 1. The molecule has 0 aliphatic carbocycles. The maximum atomic E-state index is 6.16. The summed E-state index contributed by atoms with van der Waals surface area (Å²) >= 11 is 0. The molecule has 2 aliphatic heterocycles. The molecule has 1 unspecified atom stereocenters. The Bertz CT molecular complexity index is 689. The topological polar surface area (TPSA) is 61.4 Å². The molecule has 8 heteroatoms. The van der Waals surface area contributed by atoms with Gasteiger partial charge >= 0.3 is 0 Å². The van der Waals surface area contributed by atoms with E-state index in [0.717, 1.165) is 56.5 Å². The zero-order chi connectivity index (χ0) is 21.9. The van der Waals surface area contributed by atoms with E-state index in [0.29, 0.717) is 12.5 Å². The van der Waals surface area contributed by atoms with Crippen LogP contribution in [0.25, 0.3) is 0 Å². The first-order valence-electron chi connectivity index (χ1n) is 11.8. The number of hydrogen-bond donors (Lipinski definition) is 2. The van der Waals surface area contributed by atoms with Crippen molar-refractivity contribution in [3.05, 3.63) is 29.3 Å². The summed E-state index contributed by atoms with van der Waals surface area (Å²) in [6, 6.07) is 6.41. The number of aryl methyl sites for hydroxylation is 1. The van der Waals surface area contributed by atoms with Crippen molar-refractivity contribution in [2.75, 3.05) is 73.2 Å². The maximum absolute atomic E-state index is 6.16. The van der Waals surface area contributed by atoms with Crippen LogP contribution in [0.5, 0.6) is 5.75 Å². The summed E-state index contributed by atoms with van der Waals surface area (Å²) in [6.07, 6.45) is 3.45. The van der Waals surface area contributed by atoms with Crippen LogP contribution in [-0.2, 0) is 11.3 Å². The second kappa shape index (κ2) is 14.9. The smallest absolute Gasteiger partial charge is 0.191 e. The second-order valence-corrected chi connectivity index (χ2v) is 8.86. The lowest BCUT2D eigenvalue weighted by Crippen LogP contribution is -2.44. The summed E-state index contributed by atoms with van der Waals surface area (Å²) in [5, 5.41) is 6.88. The number of ether oxygens (including phenoxy) is 2. The van der Waals surface area contributed by atoms with Gasteiger partial charge in [0.15, 0.2) is 5.96 Å². The Morgan fingerprint density at radius 3 is 2.72 bits per heavy atom. The first kappa shape index (κ1) is 27.1. The molecule has 7 nitrogen and oxygen atoms in total. The molecule has 0 radical (unpaired) electrons. The summed E-state index contributed by atoms with van der Waals surface area (Å²) in [7, 11) is 4.03. The molecule has 1 aromatic rings. The van der Waals surface area contributed by atoms with Gasteiger partial charge in [-0.25, -0.2) is 0 Å². The Morgan fingerprint density at radius 2 is 2.00 bits per heavy atom. The van der Waals surface area contributed by atoms with Gasteiger partial charge in [-0.2, -0.15) is 0 Å². The molecule has 2 saturated heterocycles. The van der Waals surface area contributed by atoms with Crippen molar-refractivity contribution >= 4 is 29.9 Å². The molecule has 1 aromatic carbocycles. The molecular weight excluding hydrogens is 517 g/mol. The average molecular weight is 560 g/mol. The highest BCUT2D eigenvalue weighted by Gasteiger charge is 2.17. The van der Waals surface area contributed by atoms with Gasteiger partial charge in [-0.15, -0.1) is 24.0 Å². The van der Waals surface area contributed by atoms with Crippen LogP contribution in [0.2, 0.25) is 0 Å². The lowest BCUT2D eigenvalue weighted by molar-refractivity contribution is 0.152. The first-order valence-corrected chi connectivity index (χ1v) is 11.8. The van der Waals surface area contributed by atoms with E-state index in [1.165, 1.54) is 44.7 Å². The Balaban J connectivity index is 0.00000363. The summed E-state index contributed by atoms with van der Waals surface area (Å²) in [6.45, 7) is 12.1. The lowest BCUT2D eigenvalue weighted by Gasteiger charge is -2.32. The van der Waals surface area contributed by atoms with Crippen molar-refractivity contribution in [1.29, 1.82) is 0 Å². The highest BCUT2D eigenvalue weighted by Crippen LogP contribution is 2.22. The molecule has 2 heterocycles. The largest absolute Gasteiger partial charge is 0.493 e. The monoisotopic (exact) mass is 559 g/mol. The number of nitrogens with zero attached hydrogens (tertiary/aromatic N) is 3. The number of nitrogens with one attached hydrogen (secondary N) is 2. The predicted octanol–water partition coefficient (Wildman–Crippen LogP) is 2.72. The Labute approximate surface area is 211 Å². The molecule has 182 valence electrons. The molecule has 32 heavy (non-hydrogen) atoms. The van der Waals surface area contributed by atoms with E-state index in [-0.39, 0.29) is 24.0 Å². The Hall–Kier alpha value is -1.10. The van der Waals surface area contributed by atoms with Crippen LogP contribution in [-0.4, -0.2) is 88.9 Å². The Kier molecular flexibility index (Phi) is 12.7. The molecule has 1 atom stereocenters. The minimum atomic E-state index is 0. The van der Waals surface area contributed by atoms with Crippen LogP contribution in [0.15, 0.2) is 23.2 Å². The predicted molar refractivity (Wildman–Crippen MR) is 142 cm³/mol. The number of rotatable bonds is 10. The third-order valence-corrected chi connectivity index (χ3v) is 6.18. The highest BCUT2D eigenvalue weighted by atomic mass is 127. The molecule has 2 N–H and O–H groups in total. The second-order valence-electron chi connectivity index (χ2n) is 8.86. The van der Waals surface area contributed by atoms with Crippen LogP contribution in [0.3, 0.4) is 0 Å². The van der Waals surface area contributed by atoms with E-state index < -0.39 is 0 Å². The van der Waals surface area contributed by atoms with Gasteiger partial charge in [-0.1, -0.05) is 12.1 Å². The fourth-order valence-corrected chi connectivity index (χ4v) is 4.00. The van der Waals surface area contributed by atoms with Gasteiger partial charge in [0.25, 0.3) is 0 Å². The van der Waals surface area contributed by atoms with E-state index in [2.05, 4.69) is 57.6 Å². The minimum absolute atomic E-state index is 0. The zero-order valence-corrected chi connectivity index (χ0v) is 22.4. The lowest BCUT2D eigenvalue weighted by atomic mass is 10.1. The number of aliphatic imine (C=N–C) groups is 1. The number of unbranched alkanes of at least 4 members (excludes halogenated alkanes) is 1. The number of likely N-dealkylation sites (N-methyl/N-ethyl adjacent to an activating group) is 1. The van der Waals surface area contributed by atoms with Gasteiger partial charge in [-0.3, -0.25) is 4.99 Å². The van der Waals surface area contributed by atoms with Gasteiger partial charge in [0.05, 0.1) is 13.2 Å². The number of guanidine groups is 1. The summed E-state index contributed by atoms with van der Waals surface area (Å²) in [4.78, 5) is 9.35. The van der Waals surface area contributed by atoms with Gasteiger partial charge in [0.2, 0.25) is 0 Å². The van der Waals surface area contributed by atoms with E-state index in [9.17, 15) is 0 Å². The molecule has 0 amide bonds. The molecule has 0 bridgehead atoms. The molecule has 0 spiro atoms. The van der Waals surface area contributed by atoms with Crippen LogP contribution in [0.4, 0.5) is 0 Å². The average Bonchev–Trinajstić information content (AvgIpc) is 3.30. The number of benzene rings is 1. The molecule has 2 fully saturated rings. The normalized spacial score (nSPS) is 20.1. The van der Waals surface area contributed by atoms with Crippen molar-refractivity contribution in [2.24, 2.45) is 10.9 Å². The Morgan fingerprint density at radius 1 is 1.19 bits per heavy atom. The van der Waals surface area contributed by atoms with Crippen LogP contribution in [0.1, 0.15) is 30.4 Å². The van der Waals surface area contributed by atoms with Gasteiger partial charge in [0, 0.05) is 64.4 Å². The summed E-state index contributed by atoms with van der Waals surface area (Å²) in [5.41, 5.74) is 2.37. The minimum Gasteiger partial charge on any atom is -0.493 e. The number of piperazine rings is 1. The molecule has 0 aromatic heterocycles. The van der Waals surface area contributed by atoms with Crippen molar-refractivity contribution in [3.8, 4) is 5.75 Å². The van der Waals surface area contributed by atoms with E-state index in [4.69, 9.17) is 9.47 Å². The van der Waals surface area contributed by atoms with Crippen LogP contribution >= 0.6 is 24.0 Å². The summed E-state index contributed by atoms with van der Waals surface area (Å²) < 4.78 is 11.6. The fraction of sp³-hybridized carbons (Fsp3) is 0.708. The molecular formula is C24H42IN5O2. The third kappa shape index (κ3) is 9.41. The number of hydrogen-bond acceptors (Lipinski definition) is 5. The SMILES string of the molecule is CN=C(NCCCCN1CCN(C)CC1)NCc1ccc(C)cc1OCC1CCOC1.I. The van der Waals surface area contributed by atoms with Gasteiger partial charge in [0.1, 0.15) is 5.75 Å². The van der Waals surface area contributed by atoms with Crippen molar-refractivity contribution in [3.63, 3.8) is 0 Å². The van der Waals surface area contributed by atoms with Gasteiger partial charge in [-0.05, 0) is 51.4 Å². The van der Waals surface area contributed by atoms with Crippen LogP contribution < -0.4 is 15.4 Å². The van der Waals surface area contributed by atoms with E-state index in [1.807, 2.05) is 7.05 Å². The van der Waals surface area contributed by atoms with Crippen molar-refractivity contribution in [2.45, 2.75) is 32.7 Å². The van der Waals surface area contributed by atoms with Crippen molar-refractivity contribution in [1.82, 2.24) is 20.4 Å². The zero-order valence-electron chi connectivity index (χ0n) is 20.1. The van der Waals surface area contributed by atoms with E-state index >= 15 is 0 Å². The molecule has 0 saturated carbocycles. The standard InChI is InChI=1S/C24H41N5O2.HI/c1-20-6-7-22(23(16-20)31-19-21-8-15-30-18-21)17-27-24(25-2)26-9-4-5-10-29-13-11-28(3)12-14-29;/h6-7,16,21H,4-5,8-15,17-19H2,1-3H3,(H2,25,26,27);1H. The maximum Gasteiger partial charge on any atom is 0.191 e. The van der Waals surface area contributed by atoms with E-state index in [1.54, 1.807) is 0 Å². The van der Waals surface area contributed by atoms with Crippen molar-refractivity contribution < 1.29 is 9.47 Å². The molecule has 2 aliphatic rings. The summed E-state index contributed by atoms with van der Waals surface area (Å²) in [5.74, 6) is 2.30. The molecule has 3 rings (SSSR count). The van der Waals surface area contributed by atoms with Crippen LogP contribution in [0, 0.1) is 12.8 Å². The fourth-order valence-electron chi connectivity index (χ4n) is 4.00. The highest BCUT2D eigenvalue weighted by molar-refractivity contribution is 14.0.